The van der Waals surface area contributed by atoms with Gasteiger partial charge in [0.25, 0.3) is 0 Å². The van der Waals surface area contributed by atoms with Crippen molar-refractivity contribution in [3.63, 3.8) is 0 Å². The first kappa shape index (κ1) is 13.7. The molecule has 1 aliphatic heterocycles. The average Bonchev–Trinajstić information content (AvgIpc) is 2.38. The topological polar surface area (TPSA) is 112 Å². The fourth-order valence-corrected chi connectivity index (χ4v) is 2.14. The molecule has 0 spiro atoms. The van der Waals surface area contributed by atoms with Gasteiger partial charge >= 0.3 is 0 Å². The average molecular weight is 261 g/mol. The summed E-state index contributed by atoms with van der Waals surface area (Å²) < 4.78 is 0. The van der Waals surface area contributed by atoms with E-state index < -0.39 is 6.35 Å². The summed E-state index contributed by atoms with van der Waals surface area (Å²) in [6.45, 7) is 2.88. The van der Waals surface area contributed by atoms with Crippen molar-refractivity contribution >= 4 is 5.71 Å². The second-order valence-corrected chi connectivity index (χ2v) is 4.70. The lowest BCUT2D eigenvalue weighted by Gasteiger charge is -2.31. The lowest BCUT2D eigenvalue weighted by atomic mass is 9.97. The van der Waals surface area contributed by atoms with Crippen LogP contribution in [-0.4, -0.2) is 40.1 Å². The summed E-state index contributed by atoms with van der Waals surface area (Å²) >= 11 is 0. The summed E-state index contributed by atoms with van der Waals surface area (Å²) in [6.07, 6.45) is 1.26. The number of aryl methyl sites for hydroxylation is 1. The minimum Gasteiger partial charge on any atom is -0.402 e. The zero-order valence-electron chi connectivity index (χ0n) is 10.9. The number of hydrogen-bond donors (Lipinski definition) is 4. The van der Waals surface area contributed by atoms with Crippen molar-refractivity contribution in [2.75, 3.05) is 13.1 Å². The van der Waals surface area contributed by atoms with Crippen molar-refractivity contribution in [2.45, 2.75) is 19.7 Å². The van der Waals surface area contributed by atoms with Crippen LogP contribution in [0.5, 0.6) is 0 Å². The molecule has 2 heterocycles. The molecule has 6 nitrogen and oxygen atoms in total. The van der Waals surface area contributed by atoms with E-state index in [4.69, 9.17) is 16.9 Å². The highest BCUT2D eigenvalue weighted by Crippen LogP contribution is 2.19. The molecule has 6 N–H and O–H groups in total. The molecule has 1 aliphatic rings. The molecule has 1 aromatic heterocycles. The molecule has 1 atom stereocenters. The second kappa shape index (κ2) is 5.48. The quantitative estimate of drug-likeness (QED) is 0.449. The number of pyridine rings is 1. The smallest absolute Gasteiger partial charge is 0.160 e. The van der Waals surface area contributed by atoms with Gasteiger partial charge in [0.1, 0.15) is 0 Å². The molecule has 0 fully saturated rings. The first-order valence-electron chi connectivity index (χ1n) is 6.16. The van der Waals surface area contributed by atoms with Crippen LogP contribution in [0.3, 0.4) is 0 Å². The number of nitrogens with zero attached hydrogens (tertiary/aromatic N) is 2. The summed E-state index contributed by atoms with van der Waals surface area (Å²) in [5, 5.41) is 17.7. The van der Waals surface area contributed by atoms with E-state index in [1.54, 1.807) is 17.2 Å². The summed E-state index contributed by atoms with van der Waals surface area (Å²) in [7, 11) is 0. The van der Waals surface area contributed by atoms with Crippen molar-refractivity contribution in [1.29, 1.82) is 5.41 Å². The highest BCUT2D eigenvalue weighted by atomic mass is 16.3. The molecule has 6 heteroatoms. The second-order valence-electron chi connectivity index (χ2n) is 4.70. The number of aliphatic hydroxyl groups excluding tert-OH is 1. The van der Waals surface area contributed by atoms with E-state index in [0.29, 0.717) is 30.9 Å². The van der Waals surface area contributed by atoms with Crippen LogP contribution in [0, 0.1) is 12.3 Å². The van der Waals surface area contributed by atoms with E-state index in [1.807, 2.05) is 13.0 Å². The third-order valence-corrected chi connectivity index (χ3v) is 3.28. The van der Waals surface area contributed by atoms with Crippen LogP contribution in [0.2, 0.25) is 0 Å². The number of hydrogen-bond acceptors (Lipinski definition) is 6. The Morgan fingerprint density at radius 2 is 2.32 bits per heavy atom. The third-order valence-electron chi connectivity index (χ3n) is 3.28. The van der Waals surface area contributed by atoms with Crippen LogP contribution >= 0.6 is 0 Å². The Morgan fingerprint density at radius 3 is 2.95 bits per heavy atom. The van der Waals surface area contributed by atoms with Gasteiger partial charge in [0.2, 0.25) is 0 Å². The van der Waals surface area contributed by atoms with E-state index in [1.165, 1.54) is 0 Å². The lowest BCUT2D eigenvalue weighted by Crippen LogP contribution is -2.47. The first-order valence-corrected chi connectivity index (χ1v) is 6.16. The van der Waals surface area contributed by atoms with Crippen molar-refractivity contribution in [3.8, 4) is 0 Å². The van der Waals surface area contributed by atoms with Gasteiger partial charge < -0.3 is 10.8 Å². The Bertz CT molecular complexity index is 524. The predicted octanol–water partition coefficient (Wildman–Crippen LogP) is -0.0890. The van der Waals surface area contributed by atoms with Crippen molar-refractivity contribution in [3.05, 3.63) is 40.9 Å². The lowest BCUT2D eigenvalue weighted by molar-refractivity contribution is 0.0136. The molecule has 2 rings (SSSR count). The standard InChI is InChI=1S/C13H19N5O/c1-8-6-9(2-4-17-8)12(15)10-7-18(13(16)19)5-3-11(10)14/h2,4,6,13,15,19H,3,5,7,14,16H2,1H3. The molecule has 0 bridgehead atoms. The van der Waals surface area contributed by atoms with Crippen molar-refractivity contribution < 1.29 is 5.11 Å². The van der Waals surface area contributed by atoms with Gasteiger partial charge in [-0.15, -0.1) is 0 Å². The normalized spacial score (nSPS) is 18.5. The van der Waals surface area contributed by atoms with Gasteiger partial charge in [-0.25, -0.2) is 0 Å². The van der Waals surface area contributed by atoms with E-state index in [2.05, 4.69) is 4.98 Å². The fraction of sp³-hybridized carbons (Fsp3) is 0.385. The van der Waals surface area contributed by atoms with Gasteiger partial charge in [0.15, 0.2) is 6.35 Å². The molecular formula is C13H19N5O. The van der Waals surface area contributed by atoms with E-state index in [9.17, 15) is 5.11 Å². The minimum atomic E-state index is -1.02. The van der Waals surface area contributed by atoms with Crippen molar-refractivity contribution in [2.24, 2.45) is 11.5 Å². The number of aliphatic hydroxyl groups is 1. The Balaban J connectivity index is 2.27. The molecule has 0 aliphatic carbocycles. The number of aromatic nitrogens is 1. The summed E-state index contributed by atoms with van der Waals surface area (Å²) in [4.78, 5) is 5.80. The molecule has 0 amide bonds. The Labute approximate surface area is 112 Å². The van der Waals surface area contributed by atoms with Crippen LogP contribution in [-0.2, 0) is 0 Å². The zero-order valence-corrected chi connectivity index (χ0v) is 10.9. The minimum absolute atomic E-state index is 0.369. The Kier molecular flexibility index (Phi) is 3.94. The van der Waals surface area contributed by atoms with Gasteiger partial charge in [-0.2, -0.15) is 0 Å². The maximum absolute atomic E-state index is 9.44. The fourth-order valence-electron chi connectivity index (χ4n) is 2.14. The number of nitrogens with two attached hydrogens (primary N) is 2. The molecule has 0 aromatic carbocycles. The van der Waals surface area contributed by atoms with Crippen LogP contribution in [0.15, 0.2) is 29.6 Å². The molecule has 1 aromatic rings. The third kappa shape index (κ3) is 2.98. The molecule has 1 unspecified atom stereocenters. The van der Waals surface area contributed by atoms with Crippen LogP contribution in [0.25, 0.3) is 0 Å². The first-order chi connectivity index (χ1) is 8.99. The van der Waals surface area contributed by atoms with Gasteiger partial charge in [-0.3, -0.25) is 21.0 Å². The number of rotatable bonds is 3. The predicted molar refractivity (Wildman–Crippen MR) is 73.4 cm³/mol. The van der Waals surface area contributed by atoms with Crippen LogP contribution in [0.1, 0.15) is 17.7 Å². The molecule has 0 saturated carbocycles. The Hall–Kier alpha value is -1.76. The van der Waals surface area contributed by atoms with Crippen LogP contribution in [0.4, 0.5) is 0 Å². The van der Waals surface area contributed by atoms with Gasteiger partial charge in [-0.05, 0) is 19.1 Å². The van der Waals surface area contributed by atoms with Gasteiger partial charge in [0.05, 0.1) is 5.71 Å². The monoisotopic (exact) mass is 261 g/mol. The van der Waals surface area contributed by atoms with E-state index in [-0.39, 0.29) is 0 Å². The molecule has 0 radical (unpaired) electrons. The molecule has 0 saturated heterocycles. The number of nitrogens with one attached hydrogen (secondary N) is 1. The highest BCUT2D eigenvalue weighted by molar-refractivity contribution is 6.11. The molecular weight excluding hydrogens is 242 g/mol. The summed E-state index contributed by atoms with van der Waals surface area (Å²) in [6, 6.07) is 3.63. The Morgan fingerprint density at radius 1 is 1.58 bits per heavy atom. The van der Waals surface area contributed by atoms with Gasteiger partial charge in [0, 0.05) is 48.2 Å². The maximum Gasteiger partial charge on any atom is 0.160 e. The maximum atomic E-state index is 9.44. The largest absolute Gasteiger partial charge is 0.402 e. The summed E-state index contributed by atoms with van der Waals surface area (Å²) in [5.41, 5.74) is 14.9. The van der Waals surface area contributed by atoms with Gasteiger partial charge in [-0.1, -0.05) is 0 Å². The highest BCUT2D eigenvalue weighted by Gasteiger charge is 2.23. The van der Waals surface area contributed by atoms with E-state index >= 15 is 0 Å². The van der Waals surface area contributed by atoms with Crippen molar-refractivity contribution in [1.82, 2.24) is 9.88 Å². The summed E-state index contributed by atoms with van der Waals surface area (Å²) in [5.74, 6) is 0. The molecule has 102 valence electrons. The van der Waals surface area contributed by atoms with E-state index in [0.717, 1.165) is 16.8 Å². The molecule has 19 heavy (non-hydrogen) atoms. The SMILES string of the molecule is Cc1cc(C(=N)C2=C(N)CCN(C(N)O)C2)ccn1. The van der Waals surface area contributed by atoms with Crippen LogP contribution < -0.4 is 11.5 Å². The zero-order chi connectivity index (χ0) is 14.0.